The number of rotatable bonds is 7. The molecule has 1 aromatic carbocycles. The molecule has 0 aliphatic carbocycles. The minimum absolute atomic E-state index is 0.118. The van der Waals surface area contributed by atoms with Crippen molar-refractivity contribution in [3.8, 4) is 16.9 Å². The molecule has 0 amide bonds. The van der Waals surface area contributed by atoms with Crippen LogP contribution in [0.2, 0.25) is 0 Å². The van der Waals surface area contributed by atoms with Crippen LogP contribution >= 0.6 is 0 Å². The number of hydrogen-bond donors (Lipinski definition) is 2. The number of fused-ring (bicyclic) bond motifs is 1. The second kappa shape index (κ2) is 8.11. The molecule has 8 nitrogen and oxygen atoms in total. The molecule has 1 atom stereocenters. The van der Waals surface area contributed by atoms with Gasteiger partial charge in [0.25, 0.3) is 5.56 Å². The zero-order valence-corrected chi connectivity index (χ0v) is 17.2. The van der Waals surface area contributed by atoms with Crippen LogP contribution in [0.4, 0.5) is 10.1 Å². The van der Waals surface area contributed by atoms with Crippen LogP contribution in [-0.4, -0.2) is 49.7 Å². The van der Waals surface area contributed by atoms with E-state index in [1.165, 1.54) is 4.57 Å². The van der Waals surface area contributed by atoms with E-state index in [1.54, 1.807) is 43.7 Å². The predicted octanol–water partition coefficient (Wildman–Crippen LogP) is 2.41. The Hall–Kier alpha value is -2.85. The second-order valence-electron chi connectivity index (χ2n) is 7.15. The van der Waals surface area contributed by atoms with Gasteiger partial charge in [0, 0.05) is 48.1 Å². The van der Waals surface area contributed by atoms with E-state index < -0.39 is 22.5 Å². The average molecular weight is 435 g/mol. The number of alkyl halides is 1. The number of nitrogens with one attached hydrogen (secondary N) is 2. The minimum Gasteiger partial charge on any atom is -0.487 e. The Morgan fingerprint density at radius 1 is 1.33 bits per heavy atom. The third kappa shape index (κ3) is 4.05. The number of anilines is 1. The summed E-state index contributed by atoms with van der Waals surface area (Å²) in [6.07, 6.45) is 3.99. The Balaban J connectivity index is 1.85. The summed E-state index contributed by atoms with van der Waals surface area (Å²) in [4.78, 5) is 15.4. The van der Waals surface area contributed by atoms with Gasteiger partial charge in [0.05, 0.1) is 19.0 Å². The number of nitrogens with zero attached hydrogens (tertiary/aromatic N) is 1. The van der Waals surface area contributed by atoms with Crippen LogP contribution in [0.5, 0.6) is 5.75 Å². The van der Waals surface area contributed by atoms with Crippen LogP contribution in [0, 0.1) is 0 Å². The molecule has 1 fully saturated rings. The quantitative estimate of drug-likeness (QED) is 0.593. The maximum atomic E-state index is 12.6. The first-order chi connectivity index (χ1) is 14.4. The summed E-state index contributed by atoms with van der Waals surface area (Å²) < 4.78 is 52.0. The molecule has 3 heterocycles. The van der Waals surface area contributed by atoms with Gasteiger partial charge in [-0.1, -0.05) is 0 Å². The maximum Gasteiger partial charge on any atom is 0.274 e. The fraction of sp³-hybridized carbons (Fsp3) is 0.350. The molecule has 160 valence electrons. The van der Waals surface area contributed by atoms with Gasteiger partial charge >= 0.3 is 0 Å². The monoisotopic (exact) mass is 435 g/mol. The highest BCUT2D eigenvalue weighted by Gasteiger charge is 2.21. The van der Waals surface area contributed by atoms with E-state index in [0.717, 1.165) is 6.42 Å². The molecule has 0 spiro atoms. The Labute approximate surface area is 172 Å². The SMILES string of the molecule is Cn1cc(-c2cc(NS(=O)(=O)CCF)ccc2OC2CCOC2)c2cc[nH]c2c1=O. The van der Waals surface area contributed by atoms with Crippen molar-refractivity contribution in [3.63, 3.8) is 0 Å². The number of aromatic nitrogens is 2. The van der Waals surface area contributed by atoms with Crippen molar-refractivity contribution in [1.82, 2.24) is 9.55 Å². The van der Waals surface area contributed by atoms with E-state index in [2.05, 4.69) is 9.71 Å². The third-order valence-corrected chi connectivity index (χ3v) is 6.20. The molecule has 0 radical (unpaired) electrons. The van der Waals surface area contributed by atoms with Gasteiger partial charge < -0.3 is 19.0 Å². The Kier molecular flexibility index (Phi) is 5.52. The van der Waals surface area contributed by atoms with Crippen molar-refractivity contribution in [2.24, 2.45) is 7.05 Å². The Morgan fingerprint density at radius 2 is 2.17 bits per heavy atom. The first kappa shape index (κ1) is 20.4. The molecule has 0 saturated carbocycles. The summed E-state index contributed by atoms with van der Waals surface area (Å²) >= 11 is 0. The van der Waals surface area contributed by atoms with Crippen LogP contribution in [0.3, 0.4) is 0 Å². The summed E-state index contributed by atoms with van der Waals surface area (Å²) in [6.45, 7) is 0.107. The summed E-state index contributed by atoms with van der Waals surface area (Å²) in [5.41, 5.74) is 1.86. The number of sulfonamides is 1. The van der Waals surface area contributed by atoms with Crippen LogP contribution < -0.4 is 15.0 Å². The van der Waals surface area contributed by atoms with Crippen LogP contribution in [0.25, 0.3) is 22.0 Å². The van der Waals surface area contributed by atoms with Gasteiger partial charge in [0.2, 0.25) is 10.0 Å². The fourth-order valence-corrected chi connectivity index (χ4v) is 4.30. The third-order valence-electron chi connectivity index (χ3n) is 4.96. The summed E-state index contributed by atoms with van der Waals surface area (Å²) in [6, 6.07) is 6.66. The molecule has 10 heteroatoms. The Bertz CT molecular complexity index is 1230. The normalized spacial score (nSPS) is 16.8. The molecular formula is C20H22FN3O5S. The van der Waals surface area contributed by atoms with E-state index in [-0.39, 0.29) is 17.4 Å². The predicted molar refractivity (Wildman–Crippen MR) is 112 cm³/mol. The molecule has 0 bridgehead atoms. The number of aromatic amines is 1. The Morgan fingerprint density at radius 3 is 2.90 bits per heavy atom. The topological polar surface area (TPSA) is 102 Å². The zero-order chi connectivity index (χ0) is 21.3. The standard InChI is InChI=1S/C20H22FN3O5S/c1-24-11-17(15-4-7-22-19(15)20(24)25)16-10-13(23-30(26,27)9-6-21)2-3-18(16)29-14-5-8-28-12-14/h2-4,7,10-11,14,22-23H,5-6,8-9,12H2,1H3. The average Bonchev–Trinajstić information content (AvgIpc) is 3.37. The number of pyridine rings is 1. The van der Waals surface area contributed by atoms with Gasteiger partial charge in [-0.3, -0.25) is 9.52 Å². The van der Waals surface area contributed by atoms with Gasteiger partial charge in [-0.25, -0.2) is 12.8 Å². The van der Waals surface area contributed by atoms with Crippen LogP contribution in [0.15, 0.2) is 41.5 Å². The van der Waals surface area contributed by atoms with E-state index in [9.17, 15) is 17.6 Å². The molecule has 1 unspecified atom stereocenters. The van der Waals surface area contributed by atoms with Crippen molar-refractivity contribution in [3.05, 3.63) is 47.0 Å². The van der Waals surface area contributed by atoms with Gasteiger partial charge in [-0.2, -0.15) is 0 Å². The maximum absolute atomic E-state index is 12.6. The number of ether oxygens (including phenoxy) is 2. The highest BCUT2D eigenvalue weighted by molar-refractivity contribution is 7.92. The molecule has 2 aromatic heterocycles. The number of aryl methyl sites for hydroxylation is 1. The van der Waals surface area contributed by atoms with Gasteiger partial charge in [-0.05, 0) is 24.3 Å². The van der Waals surface area contributed by atoms with E-state index in [1.807, 2.05) is 0 Å². The number of H-pyrrole nitrogens is 1. The lowest BCUT2D eigenvalue weighted by atomic mass is 10.0. The van der Waals surface area contributed by atoms with Crippen molar-refractivity contribution >= 4 is 26.6 Å². The number of halogens is 1. The van der Waals surface area contributed by atoms with Gasteiger partial charge in [0.1, 0.15) is 24.0 Å². The second-order valence-corrected chi connectivity index (χ2v) is 8.99. The van der Waals surface area contributed by atoms with Crippen molar-refractivity contribution in [2.45, 2.75) is 12.5 Å². The fourth-order valence-electron chi connectivity index (χ4n) is 3.51. The zero-order valence-electron chi connectivity index (χ0n) is 16.4. The van der Waals surface area contributed by atoms with E-state index in [4.69, 9.17) is 9.47 Å². The molecular weight excluding hydrogens is 413 g/mol. The summed E-state index contributed by atoms with van der Waals surface area (Å²) in [5.74, 6) is -0.0814. The first-order valence-corrected chi connectivity index (χ1v) is 11.1. The smallest absolute Gasteiger partial charge is 0.274 e. The molecule has 2 N–H and O–H groups in total. The van der Waals surface area contributed by atoms with E-state index >= 15 is 0 Å². The van der Waals surface area contributed by atoms with Crippen molar-refractivity contribution in [2.75, 3.05) is 30.4 Å². The van der Waals surface area contributed by atoms with Gasteiger partial charge in [0.15, 0.2) is 0 Å². The lowest BCUT2D eigenvalue weighted by Gasteiger charge is -2.18. The lowest BCUT2D eigenvalue weighted by molar-refractivity contribution is 0.142. The molecule has 1 aliphatic rings. The molecule has 4 rings (SSSR count). The molecule has 3 aromatic rings. The minimum atomic E-state index is -3.81. The van der Waals surface area contributed by atoms with Crippen molar-refractivity contribution < 1.29 is 22.3 Å². The molecule has 1 saturated heterocycles. The summed E-state index contributed by atoms with van der Waals surface area (Å²) in [7, 11) is -2.17. The van der Waals surface area contributed by atoms with E-state index in [0.29, 0.717) is 41.0 Å². The molecule has 1 aliphatic heterocycles. The lowest BCUT2D eigenvalue weighted by Crippen LogP contribution is -2.19. The first-order valence-electron chi connectivity index (χ1n) is 9.50. The highest BCUT2D eigenvalue weighted by atomic mass is 32.2. The van der Waals surface area contributed by atoms with Gasteiger partial charge in [-0.15, -0.1) is 0 Å². The largest absolute Gasteiger partial charge is 0.487 e. The highest BCUT2D eigenvalue weighted by Crippen LogP contribution is 2.37. The van der Waals surface area contributed by atoms with Crippen LogP contribution in [0.1, 0.15) is 6.42 Å². The van der Waals surface area contributed by atoms with Crippen molar-refractivity contribution in [1.29, 1.82) is 0 Å². The number of benzene rings is 1. The molecule has 30 heavy (non-hydrogen) atoms. The summed E-state index contributed by atoms with van der Waals surface area (Å²) in [5, 5.41) is 0.689. The number of hydrogen-bond acceptors (Lipinski definition) is 5. The van der Waals surface area contributed by atoms with Crippen LogP contribution in [-0.2, 0) is 21.8 Å².